The molecule has 0 aliphatic carbocycles. The van der Waals surface area contributed by atoms with Crippen molar-refractivity contribution in [3.8, 4) is 0 Å². The zero-order valence-electron chi connectivity index (χ0n) is 13.9. The van der Waals surface area contributed by atoms with E-state index < -0.39 is 0 Å². The van der Waals surface area contributed by atoms with Crippen LogP contribution in [0.3, 0.4) is 0 Å². The molecule has 1 aliphatic rings. The fourth-order valence-electron chi connectivity index (χ4n) is 3.85. The van der Waals surface area contributed by atoms with Crippen molar-refractivity contribution < 1.29 is 4.42 Å². The molecule has 4 rings (SSSR count). The van der Waals surface area contributed by atoms with Crippen LogP contribution in [-0.2, 0) is 13.0 Å². The van der Waals surface area contributed by atoms with E-state index in [2.05, 4.69) is 23.3 Å². The van der Waals surface area contributed by atoms with Crippen molar-refractivity contribution in [3.63, 3.8) is 0 Å². The molecular weight excluding hydrogens is 320 g/mol. The van der Waals surface area contributed by atoms with Crippen LogP contribution in [0.25, 0.3) is 11.1 Å². The second-order valence-electron chi connectivity index (χ2n) is 6.35. The lowest BCUT2D eigenvalue weighted by atomic mass is 9.97. The molecule has 0 spiro atoms. The standard InChI is InChI=1S/C19H22N2O2S/c1-2-15-14-9-13-24-18(14)8-12-20(15)10-5-11-21-16-6-3-4-7-17(16)23-19(21)22/h3-4,6-7,9,13,15H,2,5,8,10-12H2,1H3/t15-/m0/s1. The van der Waals surface area contributed by atoms with E-state index in [1.165, 1.54) is 5.56 Å². The molecule has 0 unspecified atom stereocenters. The predicted molar refractivity (Wildman–Crippen MR) is 97.7 cm³/mol. The summed E-state index contributed by atoms with van der Waals surface area (Å²) in [6.45, 7) is 5.10. The average molecular weight is 342 g/mol. The molecular formula is C19H22N2O2S. The molecule has 0 saturated heterocycles. The highest BCUT2D eigenvalue weighted by Gasteiger charge is 2.26. The summed E-state index contributed by atoms with van der Waals surface area (Å²) in [5.74, 6) is -0.248. The van der Waals surface area contributed by atoms with Crippen LogP contribution in [0.1, 0.15) is 36.2 Å². The van der Waals surface area contributed by atoms with E-state index in [1.54, 1.807) is 9.44 Å². The van der Waals surface area contributed by atoms with Gasteiger partial charge in [-0.05, 0) is 48.4 Å². The van der Waals surface area contributed by atoms with Gasteiger partial charge in [-0.15, -0.1) is 11.3 Å². The van der Waals surface area contributed by atoms with Gasteiger partial charge in [0.15, 0.2) is 5.58 Å². The molecule has 1 atom stereocenters. The summed E-state index contributed by atoms with van der Waals surface area (Å²) in [4.78, 5) is 16.2. The molecule has 1 aromatic carbocycles. The van der Waals surface area contributed by atoms with Gasteiger partial charge in [-0.25, -0.2) is 4.79 Å². The van der Waals surface area contributed by atoms with E-state index in [0.29, 0.717) is 18.2 Å². The number of rotatable bonds is 5. The molecule has 2 aromatic heterocycles. The summed E-state index contributed by atoms with van der Waals surface area (Å²) in [5, 5.41) is 2.22. The zero-order valence-corrected chi connectivity index (χ0v) is 14.7. The molecule has 4 nitrogen and oxygen atoms in total. The number of para-hydroxylation sites is 2. The molecule has 3 heterocycles. The maximum Gasteiger partial charge on any atom is 0.419 e. The van der Waals surface area contributed by atoms with Crippen LogP contribution in [-0.4, -0.2) is 22.6 Å². The molecule has 0 N–H and O–H groups in total. The van der Waals surface area contributed by atoms with Crippen molar-refractivity contribution >= 4 is 22.4 Å². The van der Waals surface area contributed by atoms with E-state index >= 15 is 0 Å². The first-order chi connectivity index (χ1) is 11.8. The normalized spacial score (nSPS) is 18.1. The quantitative estimate of drug-likeness (QED) is 0.702. The van der Waals surface area contributed by atoms with Gasteiger partial charge in [0.25, 0.3) is 0 Å². The number of aromatic nitrogens is 1. The Morgan fingerprint density at radius 3 is 3.00 bits per heavy atom. The van der Waals surface area contributed by atoms with Crippen LogP contribution in [0.5, 0.6) is 0 Å². The number of fused-ring (bicyclic) bond motifs is 2. The molecule has 0 amide bonds. The van der Waals surface area contributed by atoms with E-state index in [1.807, 2.05) is 35.6 Å². The van der Waals surface area contributed by atoms with E-state index in [0.717, 1.165) is 37.9 Å². The van der Waals surface area contributed by atoms with Crippen LogP contribution in [0.2, 0.25) is 0 Å². The number of thiophene rings is 1. The van der Waals surface area contributed by atoms with Crippen LogP contribution in [0, 0.1) is 0 Å². The lowest BCUT2D eigenvalue weighted by Crippen LogP contribution is -2.35. The Labute approximate surface area is 145 Å². The third kappa shape index (κ3) is 2.72. The van der Waals surface area contributed by atoms with Crippen molar-refractivity contribution in [1.82, 2.24) is 9.47 Å². The largest absolute Gasteiger partial charge is 0.419 e. The van der Waals surface area contributed by atoms with Gasteiger partial charge >= 0.3 is 5.76 Å². The number of benzene rings is 1. The highest BCUT2D eigenvalue weighted by molar-refractivity contribution is 7.10. The smallest absolute Gasteiger partial charge is 0.408 e. The van der Waals surface area contributed by atoms with Crippen molar-refractivity contribution in [3.05, 3.63) is 56.7 Å². The first-order valence-corrected chi connectivity index (χ1v) is 9.54. The van der Waals surface area contributed by atoms with E-state index in [4.69, 9.17) is 4.42 Å². The summed E-state index contributed by atoms with van der Waals surface area (Å²) in [5.41, 5.74) is 3.09. The Kier molecular flexibility index (Phi) is 4.29. The van der Waals surface area contributed by atoms with E-state index in [-0.39, 0.29) is 5.76 Å². The second kappa shape index (κ2) is 6.57. The van der Waals surface area contributed by atoms with Gasteiger partial charge in [0.1, 0.15) is 0 Å². The molecule has 24 heavy (non-hydrogen) atoms. The summed E-state index contributed by atoms with van der Waals surface area (Å²) < 4.78 is 7.08. The molecule has 0 fully saturated rings. The van der Waals surface area contributed by atoms with Gasteiger partial charge in [0, 0.05) is 30.6 Å². The molecule has 0 saturated carbocycles. The highest BCUT2D eigenvalue weighted by atomic mass is 32.1. The molecule has 3 aromatic rings. The van der Waals surface area contributed by atoms with Crippen LogP contribution in [0.4, 0.5) is 0 Å². The maximum absolute atomic E-state index is 12.1. The number of nitrogens with zero attached hydrogens (tertiary/aromatic N) is 2. The SMILES string of the molecule is CC[C@H]1c2ccsc2CCN1CCCn1c(=O)oc2ccccc21. The van der Waals surface area contributed by atoms with Gasteiger partial charge in [0.05, 0.1) is 5.52 Å². The minimum atomic E-state index is -0.248. The second-order valence-corrected chi connectivity index (χ2v) is 7.35. The third-order valence-electron chi connectivity index (χ3n) is 4.99. The van der Waals surface area contributed by atoms with Crippen molar-refractivity contribution in [2.45, 2.75) is 38.8 Å². The Balaban J connectivity index is 1.46. The van der Waals surface area contributed by atoms with Gasteiger partial charge < -0.3 is 4.42 Å². The fourth-order valence-corrected chi connectivity index (χ4v) is 4.78. The van der Waals surface area contributed by atoms with Crippen molar-refractivity contribution in [1.29, 1.82) is 0 Å². The first kappa shape index (κ1) is 15.7. The number of aryl methyl sites for hydroxylation is 1. The van der Waals surface area contributed by atoms with Gasteiger partial charge in [-0.1, -0.05) is 19.1 Å². The Morgan fingerprint density at radius 1 is 1.25 bits per heavy atom. The summed E-state index contributed by atoms with van der Waals surface area (Å²) in [6.07, 6.45) is 3.25. The highest BCUT2D eigenvalue weighted by Crippen LogP contribution is 2.35. The minimum Gasteiger partial charge on any atom is -0.408 e. The van der Waals surface area contributed by atoms with Crippen molar-refractivity contribution in [2.75, 3.05) is 13.1 Å². The van der Waals surface area contributed by atoms with Crippen LogP contribution >= 0.6 is 11.3 Å². The predicted octanol–water partition coefficient (Wildman–Crippen LogP) is 4.06. The molecule has 5 heteroatoms. The van der Waals surface area contributed by atoms with Crippen molar-refractivity contribution in [2.24, 2.45) is 0 Å². The van der Waals surface area contributed by atoms with Crippen LogP contribution in [0.15, 0.2) is 44.9 Å². The number of hydrogen-bond acceptors (Lipinski definition) is 4. The maximum atomic E-state index is 12.1. The first-order valence-electron chi connectivity index (χ1n) is 8.66. The monoisotopic (exact) mass is 342 g/mol. The molecule has 0 bridgehead atoms. The van der Waals surface area contributed by atoms with E-state index in [9.17, 15) is 4.79 Å². The fraction of sp³-hybridized carbons (Fsp3) is 0.421. The Bertz CT molecular complexity index is 892. The van der Waals surface area contributed by atoms with Crippen LogP contribution < -0.4 is 5.76 Å². The lowest BCUT2D eigenvalue weighted by molar-refractivity contribution is 0.176. The third-order valence-corrected chi connectivity index (χ3v) is 5.99. The zero-order chi connectivity index (χ0) is 16.5. The summed E-state index contributed by atoms with van der Waals surface area (Å²) in [7, 11) is 0. The molecule has 1 aliphatic heterocycles. The van der Waals surface area contributed by atoms with Gasteiger partial charge in [-0.3, -0.25) is 9.47 Å². The minimum absolute atomic E-state index is 0.248. The Hall–Kier alpha value is -1.85. The molecule has 126 valence electrons. The average Bonchev–Trinajstić information content (AvgIpc) is 3.19. The van der Waals surface area contributed by atoms with Gasteiger partial charge in [0.2, 0.25) is 0 Å². The number of oxazole rings is 1. The number of hydrogen-bond donors (Lipinski definition) is 0. The summed E-state index contributed by atoms with van der Waals surface area (Å²) in [6, 6.07) is 10.5. The Morgan fingerprint density at radius 2 is 2.12 bits per heavy atom. The van der Waals surface area contributed by atoms with Gasteiger partial charge in [-0.2, -0.15) is 0 Å². The molecule has 0 radical (unpaired) electrons. The summed E-state index contributed by atoms with van der Waals surface area (Å²) >= 11 is 1.89. The lowest BCUT2D eigenvalue weighted by Gasteiger charge is -2.35. The topological polar surface area (TPSA) is 38.4 Å².